The van der Waals surface area contributed by atoms with Crippen molar-refractivity contribution < 1.29 is 25.8 Å². The molecule has 10 aromatic carbocycles. The van der Waals surface area contributed by atoms with Crippen LogP contribution in [0, 0.1) is 27.7 Å². The van der Waals surface area contributed by atoms with E-state index < -0.39 is 0 Å². The third-order valence-electron chi connectivity index (χ3n) is 10.5. The summed E-state index contributed by atoms with van der Waals surface area (Å²) in [6.07, 6.45) is 4.56. The van der Waals surface area contributed by atoms with E-state index in [0.29, 0.717) is 0 Å². The van der Waals surface area contributed by atoms with E-state index in [1.807, 2.05) is 0 Å². The van der Waals surface area contributed by atoms with Crippen molar-refractivity contribution in [3.8, 4) is 22.3 Å². The second-order valence-corrected chi connectivity index (χ2v) is 16.7. The summed E-state index contributed by atoms with van der Waals surface area (Å²) in [5.74, 6) is 0. The molecule has 0 saturated carbocycles. The van der Waals surface area contributed by atoms with E-state index in [0.717, 1.165) is 22.4 Å². The summed E-state index contributed by atoms with van der Waals surface area (Å²) in [6, 6.07) is 73.6. The van der Waals surface area contributed by atoms with E-state index >= 15 is 0 Å². The van der Waals surface area contributed by atoms with Crippen LogP contribution >= 0.6 is 0 Å². The van der Waals surface area contributed by atoms with E-state index in [2.05, 4.69) is 248 Å². The van der Waals surface area contributed by atoms with Gasteiger partial charge in [-0.2, -0.15) is 25.0 Å². The fraction of sp³-hybridized carbons (Fsp3) is 0.133. The van der Waals surface area contributed by atoms with Gasteiger partial charge in [0, 0.05) is 0 Å². The summed E-state index contributed by atoms with van der Waals surface area (Å²) in [4.78, 5) is 0. The van der Waals surface area contributed by atoms with Crippen molar-refractivity contribution in [2.45, 2.75) is 53.4 Å². The van der Waals surface area contributed by atoms with Crippen molar-refractivity contribution in [2.75, 3.05) is 0 Å². The van der Waals surface area contributed by atoms with Crippen LogP contribution in [0.5, 0.6) is 0 Å². The van der Waals surface area contributed by atoms with Crippen molar-refractivity contribution in [3.63, 3.8) is 0 Å². The Labute approximate surface area is 393 Å². The molecule has 2 heteroatoms. The largest absolute Gasteiger partial charge is 4.00 e. The van der Waals surface area contributed by atoms with Crippen molar-refractivity contribution >= 4 is 63.0 Å². The summed E-state index contributed by atoms with van der Waals surface area (Å²) >= 11 is 0. The summed E-state index contributed by atoms with van der Waals surface area (Å²) in [5, 5.41) is 13.4. The van der Waals surface area contributed by atoms with Crippen molar-refractivity contribution in [1.29, 1.82) is 0 Å². The van der Waals surface area contributed by atoms with Crippen LogP contribution < -0.4 is 10.4 Å². The molecule has 0 bridgehead atoms. The Hall–Kier alpha value is -5.41. The van der Waals surface area contributed by atoms with Crippen LogP contribution in [0.15, 0.2) is 206 Å². The molecule has 0 aliphatic heterocycles. The molecule has 2 radical (unpaired) electrons. The Morgan fingerprint density at radius 1 is 0.387 bits per heavy atom. The minimum absolute atomic E-state index is 0. The predicted octanol–water partition coefficient (Wildman–Crippen LogP) is 16.0. The normalized spacial score (nSPS) is 10.3. The molecule has 0 unspecified atom stereocenters. The first kappa shape index (κ1) is 47.6. The Balaban J connectivity index is 0.000000163. The van der Waals surface area contributed by atoms with Gasteiger partial charge >= 0.3 is 25.8 Å². The smallest absolute Gasteiger partial charge is 0.343 e. The maximum absolute atomic E-state index is 3.60. The zero-order valence-corrected chi connectivity index (χ0v) is 41.5. The van der Waals surface area contributed by atoms with Crippen LogP contribution in [0.3, 0.4) is 0 Å². The average Bonchev–Trinajstić information content (AvgIpc) is 3.91. The minimum Gasteiger partial charge on any atom is -0.343 e. The van der Waals surface area contributed by atoms with Crippen LogP contribution in [0.4, 0.5) is 0 Å². The number of aryl methyl sites for hydroxylation is 2. The van der Waals surface area contributed by atoms with Crippen molar-refractivity contribution in [1.82, 2.24) is 0 Å². The van der Waals surface area contributed by atoms with Crippen LogP contribution in [0.25, 0.3) is 65.3 Å². The third kappa shape index (κ3) is 12.8. The molecule has 10 rings (SSSR count). The van der Waals surface area contributed by atoms with Gasteiger partial charge in [-0.05, 0) is 32.7 Å². The molecule has 0 aliphatic carbocycles. The molecular formula is C60H58HfSi. The molecule has 0 N–H and O–H groups in total. The predicted molar refractivity (Wildman–Crippen MR) is 273 cm³/mol. The van der Waals surface area contributed by atoms with Gasteiger partial charge in [0.15, 0.2) is 0 Å². The monoisotopic (exact) mass is 986 g/mol. The van der Waals surface area contributed by atoms with Gasteiger partial charge < -0.3 is 13.8 Å². The maximum Gasteiger partial charge on any atom is 4.00 e. The van der Waals surface area contributed by atoms with E-state index in [9.17, 15) is 0 Å². The second-order valence-electron chi connectivity index (χ2n) is 15.3. The molecular weight excluding hydrogens is 927 g/mol. The van der Waals surface area contributed by atoms with Gasteiger partial charge in [0.1, 0.15) is 9.52 Å². The number of rotatable bonds is 6. The number of fused-ring (bicyclic) bond motifs is 4. The molecule has 0 heterocycles. The Kier molecular flexibility index (Phi) is 19.1. The summed E-state index contributed by atoms with van der Waals surface area (Å²) in [5.41, 5.74) is 7.94. The second kappa shape index (κ2) is 24.9. The zero-order valence-electron chi connectivity index (χ0n) is 36.9. The third-order valence-corrected chi connectivity index (χ3v) is 11.7. The molecule has 10 aromatic rings. The maximum atomic E-state index is 3.60. The van der Waals surface area contributed by atoms with Crippen molar-refractivity contribution in [2.24, 2.45) is 0 Å². The quantitative estimate of drug-likeness (QED) is 0.115. The van der Waals surface area contributed by atoms with Crippen LogP contribution in [-0.2, 0) is 25.8 Å². The zero-order chi connectivity index (χ0) is 42.8. The number of hydrogen-bond donors (Lipinski definition) is 0. The molecule has 0 saturated heterocycles. The Morgan fingerprint density at radius 2 is 0.694 bits per heavy atom. The summed E-state index contributed by atoms with van der Waals surface area (Å²) < 4.78 is 0. The van der Waals surface area contributed by atoms with Crippen LogP contribution in [0.1, 0.15) is 50.7 Å². The van der Waals surface area contributed by atoms with Gasteiger partial charge in [0.05, 0.1) is 0 Å². The molecule has 0 spiro atoms. The fourth-order valence-corrected chi connectivity index (χ4v) is 8.42. The number of benzene rings is 8. The fourth-order valence-electron chi connectivity index (χ4n) is 7.37. The molecule has 62 heavy (non-hydrogen) atoms. The first-order chi connectivity index (χ1) is 29.9. The Morgan fingerprint density at radius 3 is 1.06 bits per heavy atom. The van der Waals surface area contributed by atoms with E-state index in [1.165, 1.54) is 99.7 Å². The summed E-state index contributed by atoms with van der Waals surface area (Å²) in [6.45, 7) is 15.8. The Bertz CT molecular complexity index is 2630. The molecule has 306 valence electrons. The van der Waals surface area contributed by atoms with Gasteiger partial charge in [0.25, 0.3) is 0 Å². The van der Waals surface area contributed by atoms with E-state index in [-0.39, 0.29) is 25.8 Å². The molecule has 0 aromatic heterocycles. The minimum atomic E-state index is 0. The van der Waals surface area contributed by atoms with E-state index in [1.54, 1.807) is 0 Å². The van der Waals surface area contributed by atoms with Gasteiger partial charge in [-0.1, -0.05) is 220 Å². The molecule has 0 nitrogen and oxygen atoms in total. The number of unbranched alkanes of at least 4 members (excludes halogenated alkanes) is 2. The topological polar surface area (TPSA) is 0 Å². The van der Waals surface area contributed by atoms with Gasteiger partial charge in [-0.25, -0.2) is 0 Å². The average molecular weight is 986 g/mol. The molecule has 0 aliphatic rings. The van der Waals surface area contributed by atoms with Crippen molar-refractivity contribution in [3.05, 3.63) is 231 Å². The van der Waals surface area contributed by atoms with Gasteiger partial charge in [0.2, 0.25) is 0 Å². The first-order valence-electron chi connectivity index (χ1n) is 21.7. The standard InChI is InChI=1S/2C20H15.C12H10Si.2C4H9.Hf/c2*1-14-12-16-8-5-11-19(20(16)13-14)18-10-4-7-15-6-2-3-9-17(15)18;1-3-7-11(8-4-1)13-12-9-5-2-6-10-12;2*1-3-4-2;/h2*2-13H,1H3;1-10H;2*1,3-4H2,2H3;/q2*-1;;2*-1;+4. The SMILES string of the molecule is Cc1cc2c(-c3cccc4ccccc34)cccc2[cH-]1.Cc1cc2c(-c3cccc4ccccc34)cccc2[cH-]1.[CH2-]CCC.[CH2-]CCC.[Hf+4].c1ccc([Si]c2ccccc2)cc1. The van der Waals surface area contributed by atoms with E-state index in [4.69, 9.17) is 0 Å². The van der Waals surface area contributed by atoms with Crippen LogP contribution in [-0.4, -0.2) is 9.52 Å². The molecule has 0 fully saturated rings. The number of hydrogen-bond acceptors (Lipinski definition) is 0. The first-order valence-corrected chi connectivity index (χ1v) is 22.7. The van der Waals surface area contributed by atoms with Gasteiger partial charge in [-0.15, -0.1) is 69.1 Å². The molecule has 0 atom stereocenters. The summed E-state index contributed by atoms with van der Waals surface area (Å²) in [7, 11) is 0.777. The van der Waals surface area contributed by atoms with Crippen LogP contribution in [0.2, 0.25) is 0 Å². The van der Waals surface area contributed by atoms with Gasteiger partial charge in [-0.3, -0.25) is 0 Å². The molecule has 0 amide bonds.